The van der Waals surface area contributed by atoms with E-state index in [1.54, 1.807) is 0 Å². The average Bonchev–Trinajstić information content (AvgIpc) is 1.92. The lowest BCUT2D eigenvalue weighted by Gasteiger charge is -2.07. The molecule has 2 N–H and O–H groups in total. The lowest BCUT2D eigenvalue weighted by atomic mass is 10.4. The molecule has 0 aliphatic carbocycles. The Bertz CT molecular complexity index is 298. The Morgan fingerprint density at radius 2 is 1.92 bits per heavy atom. The summed E-state index contributed by atoms with van der Waals surface area (Å²) in [5, 5.41) is 0. The summed E-state index contributed by atoms with van der Waals surface area (Å²) >= 11 is 2.65. The second kappa shape index (κ2) is 2.89. The summed E-state index contributed by atoms with van der Waals surface area (Å²) in [5.41, 5.74) is 4.06. The van der Waals surface area contributed by atoms with Crippen molar-refractivity contribution in [1.29, 1.82) is 0 Å². The molecule has 0 aliphatic heterocycles. The quantitative estimate of drug-likeness (QED) is 0.755. The first-order valence-corrected chi connectivity index (χ1v) is 3.55. The molecule has 1 heterocycles. The topological polar surface area (TPSA) is 51.8 Å². The standard InChI is InChI=1S/C5H3BrF3N3/c6-2-3(5(7,8)9)11-1-12-4(2)10/h1H,(H2,10,11,12). The molecule has 0 bridgehead atoms. The van der Waals surface area contributed by atoms with Crippen molar-refractivity contribution in [2.24, 2.45) is 0 Å². The van der Waals surface area contributed by atoms with E-state index in [2.05, 4.69) is 25.9 Å². The van der Waals surface area contributed by atoms with Crippen LogP contribution in [0.5, 0.6) is 0 Å². The van der Waals surface area contributed by atoms with Gasteiger partial charge in [-0.05, 0) is 15.9 Å². The van der Waals surface area contributed by atoms with Crippen molar-refractivity contribution in [3.8, 4) is 0 Å². The molecule has 0 aromatic carbocycles. The maximum atomic E-state index is 12.1. The van der Waals surface area contributed by atoms with Crippen LogP contribution in [-0.2, 0) is 6.18 Å². The molecular weight excluding hydrogens is 239 g/mol. The van der Waals surface area contributed by atoms with Crippen molar-refractivity contribution < 1.29 is 13.2 Å². The lowest BCUT2D eigenvalue weighted by molar-refractivity contribution is -0.141. The van der Waals surface area contributed by atoms with Crippen LogP contribution in [0.3, 0.4) is 0 Å². The van der Waals surface area contributed by atoms with Gasteiger partial charge < -0.3 is 5.73 Å². The number of nitrogens with two attached hydrogens (primary N) is 1. The summed E-state index contributed by atoms with van der Waals surface area (Å²) in [5.74, 6) is -0.225. The zero-order valence-corrected chi connectivity index (χ0v) is 7.15. The van der Waals surface area contributed by atoms with E-state index in [4.69, 9.17) is 5.73 Å². The minimum absolute atomic E-state index is 0.225. The van der Waals surface area contributed by atoms with Crippen molar-refractivity contribution in [3.05, 3.63) is 16.5 Å². The highest BCUT2D eigenvalue weighted by molar-refractivity contribution is 9.10. The summed E-state index contributed by atoms with van der Waals surface area (Å²) in [6, 6.07) is 0. The number of hydrogen-bond acceptors (Lipinski definition) is 3. The summed E-state index contributed by atoms with van der Waals surface area (Å²) in [4.78, 5) is 6.42. The number of anilines is 1. The average molecular weight is 242 g/mol. The van der Waals surface area contributed by atoms with Gasteiger partial charge in [0.25, 0.3) is 0 Å². The van der Waals surface area contributed by atoms with Crippen LogP contribution in [0.4, 0.5) is 19.0 Å². The third-order valence-corrected chi connectivity index (χ3v) is 1.87. The van der Waals surface area contributed by atoms with Gasteiger partial charge in [-0.1, -0.05) is 0 Å². The van der Waals surface area contributed by atoms with Crippen LogP contribution in [0.25, 0.3) is 0 Å². The number of nitrogen functional groups attached to an aromatic ring is 1. The monoisotopic (exact) mass is 241 g/mol. The number of alkyl halides is 3. The maximum absolute atomic E-state index is 12.1. The molecule has 7 heteroatoms. The highest BCUT2D eigenvalue weighted by Gasteiger charge is 2.35. The maximum Gasteiger partial charge on any atom is 0.434 e. The van der Waals surface area contributed by atoms with Crippen LogP contribution in [0.15, 0.2) is 10.8 Å². The Hall–Kier alpha value is -0.850. The van der Waals surface area contributed by atoms with Crippen LogP contribution in [0.1, 0.15) is 5.69 Å². The molecule has 0 aliphatic rings. The van der Waals surface area contributed by atoms with Gasteiger partial charge in [0.15, 0.2) is 5.69 Å². The predicted molar refractivity (Wildman–Crippen MR) is 39.1 cm³/mol. The van der Waals surface area contributed by atoms with Gasteiger partial charge in [-0.2, -0.15) is 13.2 Å². The van der Waals surface area contributed by atoms with Gasteiger partial charge in [0, 0.05) is 0 Å². The van der Waals surface area contributed by atoms with Gasteiger partial charge in [-0.15, -0.1) is 0 Å². The molecule has 3 nitrogen and oxygen atoms in total. The first kappa shape index (κ1) is 9.24. The zero-order chi connectivity index (χ0) is 9.35. The van der Waals surface area contributed by atoms with Gasteiger partial charge in [0.1, 0.15) is 12.1 Å². The fourth-order valence-electron chi connectivity index (χ4n) is 0.581. The predicted octanol–water partition coefficient (Wildman–Crippen LogP) is 1.84. The molecule has 0 spiro atoms. The van der Waals surface area contributed by atoms with E-state index in [1.165, 1.54) is 0 Å². The molecule has 66 valence electrons. The fraction of sp³-hybridized carbons (Fsp3) is 0.200. The fourth-order valence-corrected chi connectivity index (χ4v) is 1.01. The Labute approximate surface area is 73.9 Å². The summed E-state index contributed by atoms with van der Waals surface area (Å²) < 4.78 is 35.8. The molecule has 12 heavy (non-hydrogen) atoms. The summed E-state index contributed by atoms with van der Waals surface area (Å²) in [7, 11) is 0. The molecule has 0 amide bonds. The van der Waals surface area contributed by atoms with Crippen LogP contribution in [-0.4, -0.2) is 9.97 Å². The Morgan fingerprint density at radius 1 is 1.33 bits per heavy atom. The largest absolute Gasteiger partial charge is 0.434 e. The van der Waals surface area contributed by atoms with E-state index in [0.29, 0.717) is 0 Å². The van der Waals surface area contributed by atoms with E-state index >= 15 is 0 Å². The molecule has 0 saturated heterocycles. The molecular formula is C5H3BrF3N3. The second-order valence-corrected chi connectivity index (χ2v) is 2.71. The Morgan fingerprint density at radius 3 is 2.33 bits per heavy atom. The normalized spacial score (nSPS) is 11.7. The van der Waals surface area contributed by atoms with Crippen LogP contribution < -0.4 is 5.73 Å². The third-order valence-electron chi connectivity index (χ3n) is 1.08. The SMILES string of the molecule is Nc1ncnc(C(F)(F)F)c1Br. The number of hydrogen-bond donors (Lipinski definition) is 1. The molecule has 1 aromatic rings. The second-order valence-electron chi connectivity index (χ2n) is 1.92. The third kappa shape index (κ3) is 1.66. The van der Waals surface area contributed by atoms with E-state index in [9.17, 15) is 13.2 Å². The van der Waals surface area contributed by atoms with Gasteiger partial charge in [-0.3, -0.25) is 0 Å². The number of aromatic nitrogens is 2. The van der Waals surface area contributed by atoms with Crippen molar-refractivity contribution in [3.63, 3.8) is 0 Å². The summed E-state index contributed by atoms with van der Waals surface area (Å²) in [6.07, 6.45) is -3.74. The highest BCUT2D eigenvalue weighted by Crippen LogP contribution is 2.34. The van der Waals surface area contributed by atoms with Crippen molar-refractivity contribution in [1.82, 2.24) is 9.97 Å². The molecule has 0 atom stereocenters. The minimum Gasteiger partial charge on any atom is -0.383 e. The molecule has 0 radical (unpaired) electrons. The molecule has 1 aromatic heterocycles. The minimum atomic E-state index is -4.50. The van der Waals surface area contributed by atoms with Crippen molar-refractivity contribution in [2.75, 3.05) is 5.73 Å². The van der Waals surface area contributed by atoms with Gasteiger partial charge in [0.2, 0.25) is 0 Å². The summed E-state index contributed by atoms with van der Waals surface area (Å²) in [6.45, 7) is 0. The lowest BCUT2D eigenvalue weighted by Crippen LogP contribution is -2.11. The number of nitrogens with zero attached hydrogens (tertiary/aromatic N) is 2. The Balaban J connectivity index is 3.26. The Kier molecular flexibility index (Phi) is 2.22. The van der Waals surface area contributed by atoms with Crippen molar-refractivity contribution in [2.45, 2.75) is 6.18 Å². The van der Waals surface area contributed by atoms with Gasteiger partial charge in [0.05, 0.1) is 4.47 Å². The van der Waals surface area contributed by atoms with Crippen LogP contribution >= 0.6 is 15.9 Å². The molecule has 0 unspecified atom stereocenters. The van der Waals surface area contributed by atoms with Crippen LogP contribution in [0.2, 0.25) is 0 Å². The number of rotatable bonds is 0. The molecule has 0 fully saturated rings. The first-order valence-electron chi connectivity index (χ1n) is 2.76. The van der Waals surface area contributed by atoms with Gasteiger partial charge >= 0.3 is 6.18 Å². The van der Waals surface area contributed by atoms with Crippen LogP contribution in [0, 0.1) is 0 Å². The van der Waals surface area contributed by atoms with E-state index < -0.39 is 11.9 Å². The highest BCUT2D eigenvalue weighted by atomic mass is 79.9. The molecule has 0 saturated carbocycles. The van der Waals surface area contributed by atoms with E-state index in [1.807, 2.05) is 0 Å². The first-order chi connectivity index (χ1) is 5.43. The van der Waals surface area contributed by atoms with E-state index in [0.717, 1.165) is 6.33 Å². The molecule has 1 rings (SSSR count). The zero-order valence-electron chi connectivity index (χ0n) is 5.56. The van der Waals surface area contributed by atoms with E-state index in [-0.39, 0.29) is 10.3 Å². The smallest absolute Gasteiger partial charge is 0.383 e. The number of halogens is 4. The van der Waals surface area contributed by atoms with Crippen molar-refractivity contribution >= 4 is 21.7 Å². The van der Waals surface area contributed by atoms with Gasteiger partial charge in [-0.25, -0.2) is 9.97 Å².